The number of likely N-dealkylation sites (N-methyl/N-ethyl adjacent to an activating group) is 2. The van der Waals surface area contributed by atoms with Crippen LogP contribution >= 0.6 is 0 Å². The van der Waals surface area contributed by atoms with Crippen molar-refractivity contribution in [1.29, 1.82) is 0 Å². The van der Waals surface area contributed by atoms with Crippen molar-refractivity contribution in [3.63, 3.8) is 0 Å². The maximum Gasteiger partial charge on any atom is 0.238 e. The summed E-state index contributed by atoms with van der Waals surface area (Å²) < 4.78 is 0. The highest BCUT2D eigenvalue weighted by atomic mass is 16.3. The number of hydrogen-bond acceptors (Lipinski definition) is 11. The van der Waals surface area contributed by atoms with Gasteiger partial charge < -0.3 is 26.2 Å². The van der Waals surface area contributed by atoms with Gasteiger partial charge in [-0.1, -0.05) is 13.8 Å². The Hall–Kier alpha value is -3.68. The molecule has 0 bridgehead atoms. The van der Waals surface area contributed by atoms with Crippen molar-refractivity contribution < 1.29 is 39.0 Å². The molecule has 13 heteroatoms. The molecule has 2 amide bonds. The Balaban J connectivity index is 1.82. The van der Waals surface area contributed by atoms with E-state index in [0.717, 1.165) is 0 Å². The van der Waals surface area contributed by atoms with Gasteiger partial charge in [0.05, 0.1) is 29.8 Å². The van der Waals surface area contributed by atoms with Crippen LogP contribution in [0.3, 0.4) is 0 Å². The van der Waals surface area contributed by atoms with E-state index in [4.69, 9.17) is 5.73 Å². The molecule has 1 aromatic rings. The first-order chi connectivity index (χ1) is 19.6. The van der Waals surface area contributed by atoms with Gasteiger partial charge in [0.2, 0.25) is 11.8 Å². The highest BCUT2D eigenvalue weighted by Gasteiger charge is 2.69. The molecule has 0 heterocycles. The first-order valence-corrected chi connectivity index (χ1v) is 14.0. The van der Waals surface area contributed by atoms with Gasteiger partial charge in [0.15, 0.2) is 34.7 Å². The molecule has 13 nitrogen and oxygen atoms in total. The number of phenols is 1. The summed E-state index contributed by atoms with van der Waals surface area (Å²) in [5.74, 6) is -11.7. The van der Waals surface area contributed by atoms with Crippen molar-refractivity contribution in [3.8, 4) is 5.75 Å². The fourth-order valence-corrected chi connectivity index (χ4v) is 6.99. The van der Waals surface area contributed by atoms with Crippen LogP contribution in [-0.4, -0.2) is 114 Å². The molecular formula is C29H39N5O8. The minimum Gasteiger partial charge on any atom is -0.505 e. The van der Waals surface area contributed by atoms with Crippen LogP contribution < -0.4 is 16.0 Å². The number of nitrogens with one attached hydrogen (secondary N) is 1. The van der Waals surface area contributed by atoms with Crippen LogP contribution in [0.4, 0.5) is 11.4 Å². The second kappa shape index (κ2) is 11.2. The van der Waals surface area contributed by atoms with E-state index < -0.39 is 76.0 Å². The Morgan fingerprint density at radius 3 is 2.21 bits per heavy atom. The van der Waals surface area contributed by atoms with Crippen molar-refractivity contribution in [1.82, 2.24) is 9.80 Å². The topological polar surface area (TPSA) is 191 Å². The van der Waals surface area contributed by atoms with Crippen LogP contribution in [0.2, 0.25) is 0 Å². The summed E-state index contributed by atoms with van der Waals surface area (Å²) in [5.41, 5.74) is 3.37. The number of amides is 2. The van der Waals surface area contributed by atoms with Gasteiger partial charge in [-0.2, -0.15) is 0 Å². The highest BCUT2D eigenvalue weighted by Crippen LogP contribution is 2.52. The third-order valence-electron chi connectivity index (χ3n) is 9.06. The smallest absolute Gasteiger partial charge is 0.238 e. The molecule has 2 saturated carbocycles. The number of aliphatic hydroxyl groups is 1. The number of aromatic hydroxyl groups is 1. The molecule has 1 aromatic carbocycles. The lowest BCUT2D eigenvalue weighted by molar-refractivity contribution is -0.181. The number of rotatable bonds is 8. The fourth-order valence-electron chi connectivity index (χ4n) is 6.99. The number of benzene rings is 1. The molecular weight excluding hydrogens is 546 g/mol. The molecule has 4 unspecified atom stereocenters. The Bertz CT molecular complexity index is 1370. The Morgan fingerprint density at radius 2 is 1.69 bits per heavy atom. The third kappa shape index (κ3) is 4.69. The van der Waals surface area contributed by atoms with Crippen LogP contribution in [0.15, 0.2) is 6.07 Å². The fraction of sp³-hybridized carbons (Fsp3) is 0.586. The molecule has 2 fully saturated rings. The van der Waals surface area contributed by atoms with E-state index in [-0.39, 0.29) is 30.6 Å². The molecule has 3 aliphatic carbocycles. The van der Waals surface area contributed by atoms with Crippen LogP contribution in [-0.2, 0) is 30.4 Å². The van der Waals surface area contributed by atoms with Crippen molar-refractivity contribution in [2.75, 3.05) is 58.0 Å². The van der Waals surface area contributed by atoms with Gasteiger partial charge in [0.1, 0.15) is 5.75 Å². The van der Waals surface area contributed by atoms with E-state index in [1.165, 1.54) is 19.0 Å². The first kappa shape index (κ1) is 31.3. The summed E-state index contributed by atoms with van der Waals surface area (Å²) >= 11 is 0. The van der Waals surface area contributed by atoms with Crippen LogP contribution in [0.1, 0.15) is 36.2 Å². The lowest BCUT2D eigenvalue weighted by Gasteiger charge is -2.52. The van der Waals surface area contributed by atoms with Crippen molar-refractivity contribution in [2.24, 2.45) is 29.4 Å². The summed E-state index contributed by atoms with van der Waals surface area (Å²) in [6, 6.07) is 0.396. The number of ketones is 4. The van der Waals surface area contributed by atoms with E-state index in [1.807, 2.05) is 18.7 Å². The zero-order chi connectivity index (χ0) is 31.4. The van der Waals surface area contributed by atoms with Gasteiger partial charge in [-0.3, -0.25) is 38.6 Å². The summed E-state index contributed by atoms with van der Waals surface area (Å²) in [5, 5.41) is 25.7. The normalized spacial score (nSPS) is 28.8. The minimum absolute atomic E-state index is 0.0120. The molecule has 0 radical (unpaired) electrons. The average Bonchev–Trinajstić information content (AvgIpc) is 2.90. The number of Topliss-reactive ketones (excluding diaryl/α,β-unsaturated/α-hetero) is 4. The number of nitrogens with zero attached hydrogens (tertiary/aromatic N) is 3. The standard InChI is InChI=1S/C29H39N5O8/c1-7-34(8-2)12-18(35)31-16-11-17(32(3)4)14-9-13-10-15-22(33(5)6)25(38)21(28(30)41)27(40)29(15,42)26(39)19(13)24(37)20(14)23(16)36/h11,13,15,19,21-22,36,42H,7-10,12H2,1-6H3,(H2,30,41)(H,31,35)/t13?,15?,19?,21?,22-,29-/m0/s1. The number of carbonyl (C=O) groups excluding carboxylic acids is 6. The average molecular weight is 586 g/mol. The first-order valence-electron chi connectivity index (χ1n) is 14.0. The molecule has 42 heavy (non-hydrogen) atoms. The van der Waals surface area contributed by atoms with E-state index in [1.54, 1.807) is 25.1 Å². The van der Waals surface area contributed by atoms with E-state index in [0.29, 0.717) is 24.3 Å². The summed E-state index contributed by atoms with van der Waals surface area (Å²) in [7, 11) is 6.54. The second-order valence-corrected chi connectivity index (χ2v) is 11.8. The van der Waals surface area contributed by atoms with Crippen molar-refractivity contribution in [2.45, 2.75) is 38.3 Å². The zero-order valence-electron chi connectivity index (χ0n) is 24.8. The lowest BCUT2D eigenvalue weighted by atomic mass is 9.52. The van der Waals surface area contributed by atoms with E-state index in [2.05, 4.69) is 5.32 Å². The number of carbonyl (C=O) groups is 6. The molecule has 0 spiro atoms. The van der Waals surface area contributed by atoms with Crippen molar-refractivity contribution in [3.05, 3.63) is 17.2 Å². The monoisotopic (exact) mass is 585 g/mol. The summed E-state index contributed by atoms with van der Waals surface area (Å²) in [6.45, 7) is 5.14. The van der Waals surface area contributed by atoms with Gasteiger partial charge in [0.25, 0.3) is 0 Å². The number of primary amides is 1. The maximum atomic E-state index is 14.1. The van der Waals surface area contributed by atoms with E-state index >= 15 is 0 Å². The Kier molecular flexibility index (Phi) is 8.33. The predicted molar refractivity (Wildman–Crippen MR) is 152 cm³/mol. The molecule has 0 aliphatic heterocycles. The van der Waals surface area contributed by atoms with Gasteiger partial charge >= 0.3 is 0 Å². The number of fused-ring (bicyclic) bond motifs is 3. The van der Waals surface area contributed by atoms with E-state index in [9.17, 15) is 39.0 Å². The zero-order valence-corrected chi connectivity index (χ0v) is 24.8. The van der Waals surface area contributed by atoms with Gasteiger partial charge in [-0.05, 0) is 57.6 Å². The number of anilines is 2. The molecule has 0 aromatic heterocycles. The predicted octanol–water partition coefficient (Wildman–Crippen LogP) is -0.787. The van der Waals surface area contributed by atoms with Gasteiger partial charge in [-0.25, -0.2) is 0 Å². The minimum atomic E-state index is -2.80. The van der Waals surface area contributed by atoms with Gasteiger partial charge in [-0.15, -0.1) is 0 Å². The Morgan fingerprint density at radius 1 is 1.07 bits per heavy atom. The highest BCUT2D eigenvalue weighted by molar-refractivity contribution is 6.32. The summed E-state index contributed by atoms with van der Waals surface area (Å²) in [4.78, 5) is 84.7. The SMILES string of the molecule is CCN(CC)CC(=O)Nc1cc(N(C)C)c2c(c1O)C(=O)C1C(=O)[C@]3(O)C(=O)C(C(N)=O)C(=O)[C@@H](N(C)C)C3CC1C2. The van der Waals surface area contributed by atoms with Crippen LogP contribution in [0, 0.1) is 23.7 Å². The van der Waals surface area contributed by atoms with Gasteiger partial charge in [0, 0.05) is 25.7 Å². The molecule has 0 saturated heterocycles. The van der Waals surface area contributed by atoms with Crippen LogP contribution in [0.25, 0.3) is 0 Å². The Labute approximate surface area is 244 Å². The molecule has 228 valence electrons. The molecule has 4 rings (SSSR count). The van der Waals surface area contributed by atoms with Crippen LogP contribution in [0.5, 0.6) is 5.75 Å². The lowest BCUT2D eigenvalue weighted by Crippen LogP contribution is -2.74. The third-order valence-corrected chi connectivity index (χ3v) is 9.06. The molecule has 6 atom stereocenters. The maximum absolute atomic E-state index is 14.1. The molecule has 3 aliphatic rings. The summed E-state index contributed by atoms with van der Waals surface area (Å²) in [6.07, 6.45) is 0.0838. The quantitative estimate of drug-likeness (QED) is 0.221. The largest absolute Gasteiger partial charge is 0.505 e. The number of nitrogens with two attached hydrogens (primary N) is 1. The number of hydrogen-bond donors (Lipinski definition) is 4. The number of phenolic OH excluding ortho intramolecular Hbond substituents is 1. The second-order valence-electron chi connectivity index (χ2n) is 11.8. The molecule has 5 N–H and O–H groups in total. The van der Waals surface area contributed by atoms with Crippen molar-refractivity contribution >= 4 is 46.3 Å².